The molecule has 1 atom stereocenters. The van der Waals surface area contributed by atoms with Crippen molar-refractivity contribution in [1.82, 2.24) is 10.3 Å². The van der Waals surface area contributed by atoms with Crippen molar-refractivity contribution in [2.24, 2.45) is 0 Å². The van der Waals surface area contributed by atoms with Gasteiger partial charge in [0.2, 0.25) is 0 Å². The van der Waals surface area contributed by atoms with Crippen molar-refractivity contribution in [2.75, 3.05) is 0 Å². The highest BCUT2D eigenvalue weighted by Crippen LogP contribution is 2.16. The first-order valence-corrected chi connectivity index (χ1v) is 5.47. The molecule has 0 aliphatic heterocycles. The number of carboxylic acid groups (broad SMARTS) is 1. The number of aromatic nitrogens is 1. The van der Waals surface area contributed by atoms with E-state index in [2.05, 4.69) is 10.3 Å². The van der Waals surface area contributed by atoms with Gasteiger partial charge < -0.3 is 10.4 Å². The minimum atomic E-state index is -1.08. The molecule has 0 saturated carbocycles. The molecule has 0 spiro atoms. The highest BCUT2D eigenvalue weighted by atomic mass is 16.4. The second-order valence-corrected chi connectivity index (χ2v) is 3.91. The standard InChI is InChI=1S/C13H12N2O3/c1-8(13(17)18)15-12(16)11-10-5-3-2-4-9(10)6-7-14-11/h2-8H,1H3,(H,15,16)(H,17,18)/t8-/m0/s1. The van der Waals surface area contributed by atoms with Gasteiger partial charge >= 0.3 is 5.97 Å². The summed E-state index contributed by atoms with van der Waals surface area (Å²) in [5.74, 6) is -1.56. The van der Waals surface area contributed by atoms with E-state index in [9.17, 15) is 9.59 Å². The number of nitrogens with one attached hydrogen (secondary N) is 1. The Bertz CT molecular complexity index is 605. The summed E-state index contributed by atoms with van der Waals surface area (Å²) in [5.41, 5.74) is 0.237. The number of hydrogen-bond acceptors (Lipinski definition) is 3. The van der Waals surface area contributed by atoms with Crippen LogP contribution in [0.3, 0.4) is 0 Å². The van der Waals surface area contributed by atoms with Gasteiger partial charge in [-0.2, -0.15) is 0 Å². The van der Waals surface area contributed by atoms with Gasteiger partial charge in [0.15, 0.2) is 0 Å². The largest absolute Gasteiger partial charge is 0.480 e. The first-order valence-electron chi connectivity index (χ1n) is 5.47. The van der Waals surface area contributed by atoms with Gasteiger partial charge in [-0.1, -0.05) is 24.3 Å². The highest BCUT2D eigenvalue weighted by molar-refractivity contribution is 6.06. The van der Waals surface area contributed by atoms with Crippen molar-refractivity contribution in [2.45, 2.75) is 13.0 Å². The number of carbonyl (C=O) groups is 2. The molecule has 2 N–H and O–H groups in total. The van der Waals surface area contributed by atoms with Crippen molar-refractivity contribution >= 4 is 22.6 Å². The van der Waals surface area contributed by atoms with Crippen LogP contribution >= 0.6 is 0 Å². The molecule has 1 amide bonds. The minimum Gasteiger partial charge on any atom is -0.480 e. The summed E-state index contributed by atoms with van der Waals surface area (Å²) in [6.07, 6.45) is 1.53. The summed E-state index contributed by atoms with van der Waals surface area (Å²) in [4.78, 5) is 26.6. The van der Waals surface area contributed by atoms with Crippen LogP contribution < -0.4 is 5.32 Å². The van der Waals surface area contributed by atoms with Crippen LogP contribution in [0.15, 0.2) is 36.5 Å². The van der Waals surface area contributed by atoms with Crippen LogP contribution in [0.4, 0.5) is 0 Å². The Kier molecular flexibility index (Phi) is 3.23. The Morgan fingerprint density at radius 2 is 2.00 bits per heavy atom. The number of aliphatic carboxylic acids is 1. The van der Waals surface area contributed by atoms with Gasteiger partial charge in [0.05, 0.1) is 0 Å². The zero-order chi connectivity index (χ0) is 13.1. The predicted octanol–water partition coefficient (Wildman–Crippen LogP) is 1.44. The third-order valence-corrected chi connectivity index (χ3v) is 2.61. The molecule has 0 aliphatic carbocycles. The fourth-order valence-corrected chi connectivity index (χ4v) is 1.63. The van der Waals surface area contributed by atoms with Crippen molar-refractivity contribution < 1.29 is 14.7 Å². The number of benzene rings is 1. The molecule has 0 saturated heterocycles. The zero-order valence-electron chi connectivity index (χ0n) is 9.75. The molecule has 5 nitrogen and oxygen atoms in total. The summed E-state index contributed by atoms with van der Waals surface area (Å²) >= 11 is 0. The smallest absolute Gasteiger partial charge is 0.325 e. The molecular weight excluding hydrogens is 232 g/mol. The van der Waals surface area contributed by atoms with Crippen LogP contribution in [0.1, 0.15) is 17.4 Å². The normalized spacial score (nSPS) is 12.1. The molecule has 18 heavy (non-hydrogen) atoms. The molecule has 1 aromatic carbocycles. The fraction of sp³-hybridized carbons (Fsp3) is 0.154. The van der Waals surface area contributed by atoms with E-state index < -0.39 is 17.9 Å². The first kappa shape index (κ1) is 12.0. The van der Waals surface area contributed by atoms with E-state index in [1.54, 1.807) is 18.2 Å². The Morgan fingerprint density at radius 3 is 2.72 bits per heavy atom. The number of nitrogens with zero attached hydrogens (tertiary/aromatic N) is 1. The number of rotatable bonds is 3. The van der Waals surface area contributed by atoms with Crippen LogP contribution in [0, 0.1) is 0 Å². The van der Waals surface area contributed by atoms with Crippen LogP contribution in [0.2, 0.25) is 0 Å². The van der Waals surface area contributed by atoms with Gasteiger partial charge in [0.25, 0.3) is 5.91 Å². The Morgan fingerprint density at radius 1 is 1.28 bits per heavy atom. The summed E-state index contributed by atoms with van der Waals surface area (Å²) in [6, 6.07) is 8.17. The zero-order valence-corrected chi connectivity index (χ0v) is 9.75. The van der Waals surface area contributed by atoms with Crippen molar-refractivity contribution in [3.63, 3.8) is 0 Å². The number of hydrogen-bond donors (Lipinski definition) is 2. The Balaban J connectivity index is 2.36. The van der Waals surface area contributed by atoms with Gasteiger partial charge in [0.1, 0.15) is 11.7 Å². The Hall–Kier alpha value is -2.43. The topological polar surface area (TPSA) is 79.3 Å². The molecule has 5 heteroatoms. The molecule has 2 rings (SSSR count). The van der Waals surface area contributed by atoms with Gasteiger partial charge in [-0.05, 0) is 18.4 Å². The molecule has 0 aliphatic rings. The molecule has 92 valence electrons. The predicted molar refractivity (Wildman–Crippen MR) is 66.3 cm³/mol. The third kappa shape index (κ3) is 2.29. The van der Waals surface area contributed by atoms with E-state index in [4.69, 9.17) is 5.11 Å². The number of carbonyl (C=O) groups excluding carboxylic acids is 1. The molecule has 0 fully saturated rings. The van der Waals surface area contributed by atoms with E-state index in [1.807, 2.05) is 12.1 Å². The third-order valence-electron chi connectivity index (χ3n) is 2.61. The lowest BCUT2D eigenvalue weighted by Gasteiger charge is -2.10. The maximum Gasteiger partial charge on any atom is 0.325 e. The molecule has 1 aromatic heterocycles. The first-order chi connectivity index (χ1) is 8.59. The van der Waals surface area contributed by atoms with E-state index in [1.165, 1.54) is 13.1 Å². The van der Waals surface area contributed by atoms with Crippen molar-refractivity contribution in [1.29, 1.82) is 0 Å². The summed E-state index contributed by atoms with van der Waals surface area (Å²) in [7, 11) is 0. The van der Waals surface area contributed by atoms with Crippen molar-refractivity contribution in [3.8, 4) is 0 Å². The van der Waals surface area contributed by atoms with Crippen LogP contribution in [-0.2, 0) is 4.79 Å². The van der Waals surface area contributed by atoms with Gasteiger partial charge in [-0.3, -0.25) is 14.6 Å². The summed E-state index contributed by atoms with van der Waals surface area (Å²) < 4.78 is 0. The molecule has 0 bridgehead atoms. The van der Waals surface area contributed by atoms with E-state index in [0.29, 0.717) is 5.39 Å². The maximum atomic E-state index is 11.9. The summed E-state index contributed by atoms with van der Waals surface area (Å²) in [6.45, 7) is 1.41. The number of pyridine rings is 1. The van der Waals surface area contributed by atoms with E-state index in [-0.39, 0.29) is 5.69 Å². The second-order valence-electron chi connectivity index (χ2n) is 3.91. The van der Waals surface area contributed by atoms with Crippen LogP contribution in [0.5, 0.6) is 0 Å². The maximum absolute atomic E-state index is 11.9. The van der Waals surface area contributed by atoms with Gasteiger partial charge in [-0.15, -0.1) is 0 Å². The van der Waals surface area contributed by atoms with Crippen LogP contribution in [-0.4, -0.2) is 28.0 Å². The lowest BCUT2D eigenvalue weighted by molar-refractivity contribution is -0.138. The monoisotopic (exact) mass is 244 g/mol. The van der Waals surface area contributed by atoms with E-state index in [0.717, 1.165) is 5.39 Å². The quantitative estimate of drug-likeness (QED) is 0.856. The SMILES string of the molecule is C[C@H](NC(=O)c1nccc2ccccc12)C(=O)O. The number of amides is 1. The minimum absolute atomic E-state index is 0.237. The molecule has 0 radical (unpaired) electrons. The van der Waals surface area contributed by atoms with Crippen LogP contribution in [0.25, 0.3) is 10.8 Å². The fourth-order valence-electron chi connectivity index (χ4n) is 1.63. The molecule has 0 unspecified atom stereocenters. The van der Waals surface area contributed by atoms with Gasteiger partial charge in [-0.25, -0.2) is 0 Å². The summed E-state index contributed by atoms with van der Waals surface area (Å²) in [5, 5.41) is 12.7. The molecular formula is C13H12N2O3. The second kappa shape index (κ2) is 4.83. The molecule has 1 heterocycles. The lowest BCUT2D eigenvalue weighted by atomic mass is 10.1. The average molecular weight is 244 g/mol. The lowest BCUT2D eigenvalue weighted by Crippen LogP contribution is -2.38. The number of fused-ring (bicyclic) bond motifs is 1. The average Bonchev–Trinajstić information content (AvgIpc) is 2.37. The van der Waals surface area contributed by atoms with Gasteiger partial charge in [0, 0.05) is 11.6 Å². The highest BCUT2D eigenvalue weighted by Gasteiger charge is 2.17. The van der Waals surface area contributed by atoms with E-state index >= 15 is 0 Å². The molecule has 2 aromatic rings. The Labute approximate surface area is 103 Å². The number of carboxylic acids is 1. The van der Waals surface area contributed by atoms with Crippen molar-refractivity contribution in [3.05, 3.63) is 42.2 Å².